The smallest absolute Gasteiger partial charge is 0.306 e. The molecule has 0 aromatic rings. The summed E-state index contributed by atoms with van der Waals surface area (Å²) in [5.41, 5.74) is 0. The minimum Gasteiger partial charge on any atom is -0.481 e. The monoisotopic (exact) mass is 302 g/mol. The molecule has 112 valence electrons. The van der Waals surface area contributed by atoms with Crippen molar-refractivity contribution in [2.75, 3.05) is 31.3 Å². The molecule has 2 fully saturated rings. The third kappa shape index (κ3) is 3.43. The fourth-order valence-corrected chi connectivity index (χ4v) is 3.62. The molecule has 2 aliphatic heterocycles. The Bertz CT molecular complexity index is 417. The van der Waals surface area contributed by atoms with Gasteiger partial charge >= 0.3 is 5.97 Å². The van der Waals surface area contributed by atoms with Crippen molar-refractivity contribution >= 4 is 29.5 Å². The van der Waals surface area contributed by atoms with Crippen molar-refractivity contribution < 1.29 is 24.2 Å². The number of carboxylic acids is 1. The molecule has 0 aromatic heterocycles. The summed E-state index contributed by atoms with van der Waals surface area (Å²) in [5, 5.41) is 8.78. The Morgan fingerprint density at radius 2 is 2.15 bits per heavy atom. The van der Waals surface area contributed by atoms with Gasteiger partial charge in [0.25, 0.3) is 0 Å². The van der Waals surface area contributed by atoms with Crippen molar-refractivity contribution in [2.45, 2.75) is 25.5 Å². The zero-order valence-electron chi connectivity index (χ0n) is 11.3. The van der Waals surface area contributed by atoms with Gasteiger partial charge in [-0.15, -0.1) is 11.8 Å². The van der Waals surface area contributed by atoms with Crippen LogP contribution in [0.5, 0.6) is 0 Å². The number of nitrogens with zero attached hydrogens (tertiary/aromatic N) is 2. The third-order valence-corrected chi connectivity index (χ3v) is 4.44. The summed E-state index contributed by atoms with van der Waals surface area (Å²) in [6.45, 7) is 2.52. The first-order valence-electron chi connectivity index (χ1n) is 6.46. The highest BCUT2D eigenvalue weighted by Crippen LogP contribution is 2.23. The zero-order valence-corrected chi connectivity index (χ0v) is 12.1. The second-order valence-electron chi connectivity index (χ2n) is 4.88. The van der Waals surface area contributed by atoms with E-state index in [-0.39, 0.29) is 24.8 Å². The Morgan fingerprint density at radius 3 is 2.80 bits per heavy atom. The lowest BCUT2D eigenvalue weighted by Crippen LogP contribution is -2.53. The number of carbonyl (C=O) groups is 3. The molecule has 0 saturated carbocycles. The highest BCUT2D eigenvalue weighted by Gasteiger charge is 2.37. The molecule has 2 amide bonds. The minimum absolute atomic E-state index is 0.108. The molecule has 2 atom stereocenters. The summed E-state index contributed by atoms with van der Waals surface area (Å²) in [6, 6.07) is -0.430. The minimum atomic E-state index is -0.939. The Kier molecular flexibility index (Phi) is 4.87. The fraction of sp³-hybridized carbons (Fsp3) is 0.750. The van der Waals surface area contributed by atoms with Gasteiger partial charge in [0.15, 0.2) is 0 Å². The predicted octanol–water partition coefficient (Wildman–Crippen LogP) is -0.390. The summed E-state index contributed by atoms with van der Waals surface area (Å²) in [4.78, 5) is 37.8. The van der Waals surface area contributed by atoms with E-state index < -0.39 is 18.1 Å². The maximum atomic E-state index is 12.5. The highest BCUT2D eigenvalue weighted by atomic mass is 32.2. The van der Waals surface area contributed by atoms with Crippen molar-refractivity contribution in [1.29, 1.82) is 0 Å². The molecule has 2 saturated heterocycles. The van der Waals surface area contributed by atoms with Crippen molar-refractivity contribution in [3.63, 3.8) is 0 Å². The average molecular weight is 302 g/mol. The summed E-state index contributed by atoms with van der Waals surface area (Å²) >= 11 is 1.55. The van der Waals surface area contributed by atoms with Gasteiger partial charge in [0, 0.05) is 25.8 Å². The first-order chi connectivity index (χ1) is 9.49. The van der Waals surface area contributed by atoms with Gasteiger partial charge in [-0.05, 0) is 0 Å². The lowest BCUT2D eigenvalue weighted by Gasteiger charge is -2.35. The van der Waals surface area contributed by atoms with Gasteiger partial charge in [-0.3, -0.25) is 14.4 Å². The first kappa shape index (κ1) is 15.1. The molecular weight excluding hydrogens is 284 g/mol. The van der Waals surface area contributed by atoms with E-state index in [0.717, 1.165) is 0 Å². The van der Waals surface area contributed by atoms with E-state index in [2.05, 4.69) is 0 Å². The van der Waals surface area contributed by atoms with E-state index in [1.54, 1.807) is 21.6 Å². The van der Waals surface area contributed by atoms with Gasteiger partial charge in [-0.25, -0.2) is 0 Å². The lowest BCUT2D eigenvalue weighted by atomic mass is 10.1. The molecule has 2 aliphatic rings. The molecule has 0 aliphatic carbocycles. The van der Waals surface area contributed by atoms with Gasteiger partial charge in [-0.2, -0.15) is 0 Å². The third-order valence-electron chi connectivity index (χ3n) is 3.42. The second-order valence-corrected chi connectivity index (χ2v) is 5.88. The maximum absolute atomic E-state index is 12.5. The van der Waals surface area contributed by atoms with Gasteiger partial charge < -0.3 is 19.6 Å². The topological polar surface area (TPSA) is 87.2 Å². The zero-order chi connectivity index (χ0) is 14.7. The van der Waals surface area contributed by atoms with Crippen LogP contribution < -0.4 is 0 Å². The average Bonchev–Trinajstić information content (AvgIpc) is 2.86. The van der Waals surface area contributed by atoms with Crippen LogP contribution in [0.25, 0.3) is 0 Å². The van der Waals surface area contributed by atoms with Crippen LogP contribution in [0.4, 0.5) is 0 Å². The van der Waals surface area contributed by atoms with Crippen LogP contribution in [0.2, 0.25) is 0 Å². The van der Waals surface area contributed by atoms with Gasteiger partial charge in [-0.1, -0.05) is 0 Å². The summed E-state index contributed by atoms with van der Waals surface area (Å²) in [5.74, 6) is -0.0211. The number of carboxylic acid groups (broad SMARTS) is 1. The van der Waals surface area contributed by atoms with Crippen LogP contribution in [0.15, 0.2) is 0 Å². The predicted molar refractivity (Wildman–Crippen MR) is 72.2 cm³/mol. The number of aliphatic carboxylic acids is 1. The van der Waals surface area contributed by atoms with E-state index in [4.69, 9.17) is 9.84 Å². The van der Waals surface area contributed by atoms with Crippen molar-refractivity contribution in [3.8, 4) is 0 Å². The Hall–Kier alpha value is -1.28. The second kappa shape index (κ2) is 6.45. The molecule has 20 heavy (non-hydrogen) atoms. The number of rotatable bonds is 3. The van der Waals surface area contributed by atoms with Crippen LogP contribution in [-0.2, 0) is 19.1 Å². The normalized spacial score (nSPS) is 26.6. The largest absolute Gasteiger partial charge is 0.481 e. The maximum Gasteiger partial charge on any atom is 0.306 e. The van der Waals surface area contributed by atoms with Crippen LogP contribution in [0.1, 0.15) is 13.3 Å². The molecule has 0 aromatic carbocycles. The highest BCUT2D eigenvalue weighted by molar-refractivity contribution is 7.99. The Balaban J connectivity index is 1.97. The number of ether oxygens (including phenoxy) is 1. The van der Waals surface area contributed by atoms with Crippen molar-refractivity contribution in [3.05, 3.63) is 0 Å². The molecule has 1 N–H and O–H groups in total. The van der Waals surface area contributed by atoms with Crippen molar-refractivity contribution in [2.24, 2.45) is 0 Å². The molecule has 0 spiro atoms. The van der Waals surface area contributed by atoms with E-state index in [1.165, 1.54) is 6.92 Å². The standard InChI is InChI=1S/C12H18N2O5S/c1-8(15)14-7-20-6-10(14)12(18)13-2-3-19-9(5-13)4-11(16)17/h9-10H,2-7H2,1H3,(H,16,17)/t9-,10-/m0/s1. The summed E-state index contributed by atoms with van der Waals surface area (Å²) in [6.07, 6.45) is -0.579. The molecule has 0 bridgehead atoms. The van der Waals surface area contributed by atoms with Crippen LogP contribution >= 0.6 is 11.8 Å². The van der Waals surface area contributed by atoms with Crippen LogP contribution in [0, 0.1) is 0 Å². The van der Waals surface area contributed by atoms with Gasteiger partial charge in [0.2, 0.25) is 11.8 Å². The first-order valence-corrected chi connectivity index (χ1v) is 7.61. The summed E-state index contributed by atoms with van der Waals surface area (Å²) < 4.78 is 5.35. The SMILES string of the molecule is CC(=O)N1CSC[C@H]1C(=O)N1CCO[C@@H](CC(=O)O)C1. The number of morpholine rings is 1. The van der Waals surface area contributed by atoms with Crippen molar-refractivity contribution in [1.82, 2.24) is 9.80 Å². The lowest BCUT2D eigenvalue weighted by molar-refractivity contribution is -0.151. The number of carbonyl (C=O) groups excluding carboxylic acids is 2. The quantitative estimate of drug-likeness (QED) is 0.764. The molecular formula is C12H18N2O5S. The molecule has 0 unspecified atom stereocenters. The van der Waals surface area contributed by atoms with Gasteiger partial charge in [0.05, 0.1) is 25.0 Å². The van der Waals surface area contributed by atoms with Gasteiger partial charge in [0.1, 0.15) is 6.04 Å². The summed E-state index contributed by atoms with van der Waals surface area (Å²) in [7, 11) is 0. The van der Waals surface area contributed by atoms with E-state index in [1.807, 2.05) is 0 Å². The number of thioether (sulfide) groups is 1. The molecule has 0 radical (unpaired) electrons. The number of hydrogen-bond donors (Lipinski definition) is 1. The van der Waals surface area contributed by atoms with E-state index >= 15 is 0 Å². The Morgan fingerprint density at radius 1 is 1.40 bits per heavy atom. The molecule has 2 rings (SSSR count). The fourth-order valence-electron chi connectivity index (χ4n) is 2.41. The molecule has 2 heterocycles. The molecule has 7 nitrogen and oxygen atoms in total. The Labute approximate surface area is 121 Å². The number of hydrogen-bond acceptors (Lipinski definition) is 5. The van der Waals surface area contributed by atoms with E-state index in [9.17, 15) is 14.4 Å². The van der Waals surface area contributed by atoms with E-state index in [0.29, 0.717) is 24.8 Å². The number of amides is 2. The van der Waals surface area contributed by atoms with Crippen LogP contribution in [0.3, 0.4) is 0 Å². The van der Waals surface area contributed by atoms with Crippen LogP contribution in [-0.4, -0.2) is 76.2 Å². The molecule has 8 heteroatoms.